The summed E-state index contributed by atoms with van der Waals surface area (Å²) in [6.07, 6.45) is 4.36. The van der Waals surface area contributed by atoms with Gasteiger partial charge in [0.15, 0.2) is 0 Å². The highest BCUT2D eigenvalue weighted by Gasteiger charge is 2.44. The summed E-state index contributed by atoms with van der Waals surface area (Å²) in [5.74, 6) is 2.13. The Bertz CT molecular complexity index is 504. The maximum atomic E-state index is 13.5. The summed E-state index contributed by atoms with van der Waals surface area (Å²) in [4.78, 5) is 0. The van der Waals surface area contributed by atoms with Crippen molar-refractivity contribution in [3.05, 3.63) is 29.6 Å². The number of nitrogens with one attached hydrogen (secondary N) is 1. The van der Waals surface area contributed by atoms with Crippen LogP contribution in [0.1, 0.15) is 51.1 Å². The average molecular weight is 277 g/mol. The lowest BCUT2D eigenvalue weighted by Gasteiger charge is -2.47. The molecule has 1 spiro atoms. The summed E-state index contributed by atoms with van der Waals surface area (Å²) in [6.45, 7) is 4.66. The van der Waals surface area contributed by atoms with Gasteiger partial charge < -0.3 is 10.1 Å². The summed E-state index contributed by atoms with van der Waals surface area (Å²) >= 11 is 0. The van der Waals surface area contributed by atoms with E-state index in [1.165, 1.54) is 12.5 Å². The zero-order valence-electron chi connectivity index (χ0n) is 12.6. The first-order valence-electron chi connectivity index (χ1n) is 7.69. The van der Waals surface area contributed by atoms with Crippen LogP contribution in [0.5, 0.6) is 5.75 Å². The average Bonchev–Trinajstić information content (AvgIpc) is 2.43. The van der Waals surface area contributed by atoms with Crippen molar-refractivity contribution in [1.29, 1.82) is 0 Å². The summed E-state index contributed by atoms with van der Waals surface area (Å²) < 4.78 is 19.8. The summed E-state index contributed by atoms with van der Waals surface area (Å²) in [6, 6.07) is 5.09. The maximum Gasteiger partial charge on any atom is 0.125 e. The quantitative estimate of drug-likeness (QED) is 0.835. The van der Waals surface area contributed by atoms with Crippen LogP contribution in [-0.4, -0.2) is 12.6 Å². The van der Waals surface area contributed by atoms with Crippen LogP contribution in [0.15, 0.2) is 18.2 Å². The molecule has 0 aromatic heterocycles. The fourth-order valence-corrected chi connectivity index (χ4v) is 3.84. The fourth-order valence-electron chi connectivity index (χ4n) is 3.84. The predicted octanol–water partition coefficient (Wildman–Crippen LogP) is 4.06. The van der Waals surface area contributed by atoms with Gasteiger partial charge in [-0.15, -0.1) is 0 Å². The van der Waals surface area contributed by atoms with Crippen molar-refractivity contribution in [2.75, 3.05) is 7.05 Å². The minimum atomic E-state index is -0.186. The Kier molecular flexibility index (Phi) is 3.49. The Hall–Kier alpha value is -1.09. The van der Waals surface area contributed by atoms with Crippen LogP contribution in [0.4, 0.5) is 4.39 Å². The second kappa shape index (κ2) is 5.03. The third-order valence-corrected chi connectivity index (χ3v) is 5.32. The van der Waals surface area contributed by atoms with Crippen molar-refractivity contribution in [1.82, 2.24) is 5.32 Å². The molecule has 20 heavy (non-hydrogen) atoms. The van der Waals surface area contributed by atoms with E-state index in [2.05, 4.69) is 19.2 Å². The van der Waals surface area contributed by atoms with Gasteiger partial charge in [-0.3, -0.25) is 0 Å². The van der Waals surface area contributed by atoms with Crippen LogP contribution in [0.25, 0.3) is 0 Å². The molecule has 2 aliphatic rings. The zero-order valence-corrected chi connectivity index (χ0v) is 12.6. The highest BCUT2D eigenvalue weighted by atomic mass is 19.1. The van der Waals surface area contributed by atoms with E-state index in [1.807, 2.05) is 7.05 Å². The van der Waals surface area contributed by atoms with E-state index in [0.717, 1.165) is 36.5 Å². The van der Waals surface area contributed by atoms with E-state index in [4.69, 9.17) is 4.74 Å². The minimum absolute atomic E-state index is 0.0650. The lowest BCUT2D eigenvalue weighted by Crippen LogP contribution is -2.48. The van der Waals surface area contributed by atoms with E-state index in [1.54, 1.807) is 12.1 Å². The number of ether oxygens (including phenoxy) is 1. The van der Waals surface area contributed by atoms with Crippen LogP contribution < -0.4 is 10.1 Å². The van der Waals surface area contributed by atoms with Gasteiger partial charge in [0.2, 0.25) is 0 Å². The highest BCUT2D eigenvalue weighted by Crippen LogP contribution is 2.48. The zero-order chi connectivity index (χ0) is 14.3. The molecule has 3 heteroatoms. The Balaban J connectivity index is 1.93. The molecule has 1 heterocycles. The van der Waals surface area contributed by atoms with E-state index in [-0.39, 0.29) is 17.5 Å². The van der Waals surface area contributed by atoms with Gasteiger partial charge in [0, 0.05) is 18.0 Å². The van der Waals surface area contributed by atoms with Gasteiger partial charge in [0.05, 0.1) is 0 Å². The van der Waals surface area contributed by atoms with Gasteiger partial charge in [-0.25, -0.2) is 4.39 Å². The number of fused-ring (bicyclic) bond motifs is 1. The second-order valence-corrected chi connectivity index (χ2v) is 6.71. The second-order valence-electron chi connectivity index (χ2n) is 6.71. The van der Waals surface area contributed by atoms with Crippen molar-refractivity contribution >= 4 is 0 Å². The molecule has 1 saturated carbocycles. The molecule has 4 unspecified atom stereocenters. The number of benzene rings is 1. The molecule has 3 rings (SSSR count). The fraction of sp³-hybridized carbons (Fsp3) is 0.647. The highest BCUT2D eigenvalue weighted by molar-refractivity contribution is 5.39. The van der Waals surface area contributed by atoms with Gasteiger partial charge in [-0.2, -0.15) is 0 Å². The Morgan fingerprint density at radius 3 is 2.75 bits per heavy atom. The lowest BCUT2D eigenvalue weighted by molar-refractivity contribution is -0.0317. The maximum absolute atomic E-state index is 13.5. The third-order valence-electron chi connectivity index (χ3n) is 5.32. The van der Waals surface area contributed by atoms with Crippen molar-refractivity contribution in [2.45, 2.75) is 51.2 Å². The summed E-state index contributed by atoms with van der Waals surface area (Å²) in [5.41, 5.74) is 0.897. The van der Waals surface area contributed by atoms with Gasteiger partial charge in [-0.1, -0.05) is 13.8 Å². The number of hydrogen-bond donors (Lipinski definition) is 1. The normalized spacial score (nSPS) is 36.5. The predicted molar refractivity (Wildman–Crippen MR) is 78.4 cm³/mol. The number of halogens is 1. The molecule has 110 valence electrons. The Labute approximate surface area is 120 Å². The van der Waals surface area contributed by atoms with Gasteiger partial charge in [0.1, 0.15) is 17.2 Å². The molecule has 0 bridgehead atoms. The number of hydrogen-bond acceptors (Lipinski definition) is 2. The SMILES string of the molecule is CNC1CC2(CCC(C)C(C)C2)Oc2ccc(F)cc21. The molecule has 2 nitrogen and oxygen atoms in total. The van der Waals surface area contributed by atoms with Crippen LogP contribution in [-0.2, 0) is 0 Å². The van der Waals surface area contributed by atoms with Crippen molar-refractivity contribution in [2.24, 2.45) is 11.8 Å². The van der Waals surface area contributed by atoms with Crippen LogP contribution in [0.3, 0.4) is 0 Å². The molecular formula is C17H24FNO. The topological polar surface area (TPSA) is 21.3 Å². The van der Waals surface area contributed by atoms with Crippen molar-refractivity contribution in [3.63, 3.8) is 0 Å². The van der Waals surface area contributed by atoms with E-state index in [0.29, 0.717) is 5.92 Å². The Morgan fingerprint density at radius 1 is 1.25 bits per heavy atom. The Morgan fingerprint density at radius 2 is 2.05 bits per heavy atom. The molecule has 1 N–H and O–H groups in total. The van der Waals surface area contributed by atoms with Gasteiger partial charge >= 0.3 is 0 Å². The molecule has 1 aromatic rings. The molecular weight excluding hydrogens is 253 g/mol. The molecule has 1 aromatic carbocycles. The van der Waals surface area contributed by atoms with Crippen LogP contribution in [0, 0.1) is 17.7 Å². The molecule has 4 atom stereocenters. The molecule has 0 saturated heterocycles. The monoisotopic (exact) mass is 277 g/mol. The van der Waals surface area contributed by atoms with Gasteiger partial charge in [0.25, 0.3) is 0 Å². The molecule has 1 aliphatic carbocycles. The van der Waals surface area contributed by atoms with Crippen LogP contribution in [0.2, 0.25) is 0 Å². The lowest BCUT2D eigenvalue weighted by atomic mass is 9.69. The molecule has 0 radical (unpaired) electrons. The van der Waals surface area contributed by atoms with E-state index < -0.39 is 0 Å². The van der Waals surface area contributed by atoms with Gasteiger partial charge in [-0.05, 0) is 56.3 Å². The van der Waals surface area contributed by atoms with E-state index >= 15 is 0 Å². The first kappa shape index (κ1) is 13.9. The summed E-state index contributed by atoms with van der Waals surface area (Å²) in [7, 11) is 1.95. The smallest absolute Gasteiger partial charge is 0.125 e. The number of rotatable bonds is 1. The first-order chi connectivity index (χ1) is 9.53. The molecule has 0 amide bonds. The third kappa shape index (κ3) is 2.32. The molecule has 1 fully saturated rings. The van der Waals surface area contributed by atoms with E-state index in [9.17, 15) is 4.39 Å². The molecule has 1 aliphatic heterocycles. The first-order valence-corrected chi connectivity index (χ1v) is 7.69. The summed E-state index contributed by atoms with van der Waals surface area (Å²) in [5, 5.41) is 3.34. The standard InChI is InChI=1S/C17H24FNO/c1-11-6-7-17(9-12(11)2)10-15(19-3)14-8-13(18)4-5-16(14)20-17/h4-5,8,11-12,15,19H,6-7,9-10H2,1-3H3. The van der Waals surface area contributed by atoms with Crippen molar-refractivity contribution in [3.8, 4) is 5.75 Å². The van der Waals surface area contributed by atoms with Crippen molar-refractivity contribution < 1.29 is 9.13 Å². The largest absolute Gasteiger partial charge is 0.487 e. The minimum Gasteiger partial charge on any atom is -0.487 e. The van der Waals surface area contributed by atoms with Crippen LogP contribution >= 0.6 is 0 Å².